The van der Waals surface area contributed by atoms with Crippen LogP contribution in [0.5, 0.6) is 0 Å². The second-order valence-electron chi connectivity index (χ2n) is 4.57. The van der Waals surface area contributed by atoms with E-state index in [2.05, 4.69) is 10.1 Å². The van der Waals surface area contributed by atoms with Crippen LogP contribution < -0.4 is 0 Å². The number of aromatic carboxylic acids is 1. The number of aromatic nitrogens is 3. The van der Waals surface area contributed by atoms with Gasteiger partial charge in [-0.3, -0.25) is 0 Å². The first-order chi connectivity index (χ1) is 10.7. The molecule has 0 fully saturated rings. The molecule has 0 radical (unpaired) electrons. The molecule has 0 atom stereocenters. The lowest BCUT2D eigenvalue weighted by Crippen LogP contribution is -2.01. The fraction of sp³-hybridized carbons (Fsp3) is 0. The van der Waals surface area contributed by atoms with Gasteiger partial charge in [0, 0.05) is 6.07 Å². The summed E-state index contributed by atoms with van der Waals surface area (Å²) >= 11 is 3.03. The fourth-order valence-electron chi connectivity index (χ4n) is 2.18. The van der Waals surface area contributed by atoms with Gasteiger partial charge in [-0.2, -0.15) is 5.10 Å². The smallest absolute Gasteiger partial charge is 0.356 e. The predicted octanol–water partition coefficient (Wildman–Crippen LogP) is 3.91. The summed E-state index contributed by atoms with van der Waals surface area (Å²) in [6, 6.07) is 13.3. The zero-order valence-corrected chi connectivity index (χ0v) is 12.8. The van der Waals surface area contributed by atoms with Gasteiger partial charge in [-0.25, -0.2) is 14.5 Å². The lowest BCUT2D eigenvalue weighted by atomic mass is 10.3. The Morgan fingerprint density at radius 3 is 2.77 bits per heavy atom. The molecule has 22 heavy (non-hydrogen) atoms. The van der Waals surface area contributed by atoms with E-state index in [1.165, 1.54) is 22.7 Å². The van der Waals surface area contributed by atoms with E-state index in [0.717, 1.165) is 20.8 Å². The fourth-order valence-corrected chi connectivity index (χ4v) is 3.84. The van der Waals surface area contributed by atoms with Crippen LogP contribution in [-0.2, 0) is 0 Å². The molecule has 0 aliphatic rings. The van der Waals surface area contributed by atoms with Crippen LogP contribution >= 0.6 is 22.7 Å². The number of nitrogens with zero attached hydrogens (tertiary/aromatic N) is 3. The number of carbonyl (C=O) groups is 1. The van der Waals surface area contributed by atoms with Crippen LogP contribution in [0, 0.1) is 0 Å². The number of benzene rings is 1. The predicted molar refractivity (Wildman–Crippen MR) is 87.0 cm³/mol. The molecule has 3 heterocycles. The Morgan fingerprint density at radius 1 is 1.18 bits per heavy atom. The third-order valence-electron chi connectivity index (χ3n) is 3.17. The van der Waals surface area contributed by atoms with E-state index in [0.29, 0.717) is 5.13 Å². The van der Waals surface area contributed by atoms with Crippen molar-refractivity contribution < 1.29 is 9.90 Å². The van der Waals surface area contributed by atoms with Crippen molar-refractivity contribution in [3.05, 3.63) is 53.5 Å². The number of carboxylic acid groups (broad SMARTS) is 1. The number of hydrogen-bond donors (Lipinski definition) is 1. The van der Waals surface area contributed by atoms with E-state index in [-0.39, 0.29) is 5.69 Å². The van der Waals surface area contributed by atoms with Crippen molar-refractivity contribution in [2.45, 2.75) is 0 Å². The van der Waals surface area contributed by atoms with E-state index in [1.54, 1.807) is 10.7 Å². The van der Waals surface area contributed by atoms with Crippen molar-refractivity contribution in [3.63, 3.8) is 0 Å². The number of thiazole rings is 1. The van der Waals surface area contributed by atoms with Crippen LogP contribution in [0.1, 0.15) is 10.5 Å². The van der Waals surface area contributed by atoms with Gasteiger partial charge in [0.25, 0.3) is 0 Å². The first kappa shape index (κ1) is 13.2. The van der Waals surface area contributed by atoms with Crippen molar-refractivity contribution >= 4 is 38.9 Å². The first-order valence-electron chi connectivity index (χ1n) is 6.45. The molecule has 0 unspecified atom stereocenters. The van der Waals surface area contributed by atoms with Crippen LogP contribution in [0.25, 0.3) is 25.9 Å². The number of hydrogen-bond acceptors (Lipinski definition) is 5. The van der Waals surface area contributed by atoms with Gasteiger partial charge in [0.15, 0.2) is 5.69 Å². The quantitative estimate of drug-likeness (QED) is 0.619. The van der Waals surface area contributed by atoms with Crippen molar-refractivity contribution in [2.75, 3.05) is 0 Å². The molecule has 3 aromatic heterocycles. The maximum absolute atomic E-state index is 11.3. The number of fused-ring (bicyclic) bond motifs is 1. The highest BCUT2D eigenvalue weighted by Gasteiger charge is 2.18. The lowest BCUT2D eigenvalue weighted by molar-refractivity contribution is 0.0690. The Labute approximate surface area is 133 Å². The van der Waals surface area contributed by atoms with Gasteiger partial charge in [-0.1, -0.05) is 29.5 Å². The lowest BCUT2D eigenvalue weighted by Gasteiger charge is -2.00. The summed E-state index contributed by atoms with van der Waals surface area (Å²) in [7, 11) is 0. The number of rotatable bonds is 3. The SMILES string of the molecule is O=C(O)c1cc(-c2cccs2)n(-c2nc3ccccc3s2)n1. The average Bonchev–Trinajstić information content (AvgIpc) is 3.24. The molecule has 0 bridgehead atoms. The molecule has 0 amide bonds. The standard InChI is InChI=1S/C15H9N3O2S2/c19-14(20)10-8-11(13-6-3-7-21-13)18(17-10)15-16-9-4-1-2-5-12(9)22-15/h1-8H,(H,19,20). The van der Waals surface area contributed by atoms with Gasteiger partial charge < -0.3 is 5.11 Å². The third-order valence-corrected chi connectivity index (χ3v) is 5.07. The molecular weight excluding hydrogens is 318 g/mol. The molecule has 0 aliphatic heterocycles. The Bertz CT molecular complexity index is 937. The summed E-state index contributed by atoms with van der Waals surface area (Å²) in [6.07, 6.45) is 0. The molecule has 1 N–H and O–H groups in total. The number of thiophene rings is 1. The van der Waals surface area contributed by atoms with Gasteiger partial charge in [-0.05, 0) is 23.6 Å². The number of carboxylic acids is 1. The van der Waals surface area contributed by atoms with E-state index >= 15 is 0 Å². The van der Waals surface area contributed by atoms with Gasteiger partial charge in [0.2, 0.25) is 5.13 Å². The molecule has 0 saturated carbocycles. The van der Waals surface area contributed by atoms with E-state index in [9.17, 15) is 9.90 Å². The second kappa shape index (κ2) is 5.04. The Hall–Kier alpha value is -2.51. The molecule has 0 saturated heterocycles. The van der Waals surface area contributed by atoms with Crippen LogP contribution in [0.4, 0.5) is 0 Å². The Morgan fingerprint density at radius 2 is 2.05 bits per heavy atom. The number of para-hydroxylation sites is 1. The molecule has 4 rings (SSSR count). The average molecular weight is 327 g/mol. The summed E-state index contributed by atoms with van der Waals surface area (Å²) in [6.45, 7) is 0. The summed E-state index contributed by atoms with van der Waals surface area (Å²) in [5, 5.41) is 16.0. The molecular formula is C15H9N3O2S2. The summed E-state index contributed by atoms with van der Waals surface area (Å²) in [5.41, 5.74) is 1.64. The summed E-state index contributed by atoms with van der Waals surface area (Å²) in [5.74, 6) is -1.04. The highest BCUT2D eigenvalue weighted by Crippen LogP contribution is 2.31. The summed E-state index contributed by atoms with van der Waals surface area (Å²) < 4.78 is 2.65. The minimum Gasteiger partial charge on any atom is -0.476 e. The van der Waals surface area contributed by atoms with Gasteiger partial charge in [0.1, 0.15) is 0 Å². The molecule has 0 spiro atoms. The topological polar surface area (TPSA) is 68.0 Å². The largest absolute Gasteiger partial charge is 0.476 e. The highest BCUT2D eigenvalue weighted by molar-refractivity contribution is 7.20. The normalized spacial score (nSPS) is 11.1. The molecule has 1 aromatic carbocycles. The Balaban J connectivity index is 1.95. The maximum Gasteiger partial charge on any atom is 0.356 e. The first-order valence-corrected chi connectivity index (χ1v) is 8.15. The van der Waals surface area contributed by atoms with Crippen molar-refractivity contribution in [2.24, 2.45) is 0 Å². The third kappa shape index (κ3) is 2.11. The van der Waals surface area contributed by atoms with Crippen LogP contribution in [0.3, 0.4) is 0 Å². The van der Waals surface area contributed by atoms with Crippen molar-refractivity contribution in [1.82, 2.24) is 14.8 Å². The monoisotopic (exact) mass is 327 g/mol. The summed E-state index contributed by atoms with van der Waals surface area (Å²) in [4.78, 5) is 16.8. The molecule has 108 valence electrons. The van der Waals surface area contributed by atoms with Gasteiger partial charge >= 0.3 is 5.97 Å². The van der Waals surface area contributed by atoms with E-state index in [1.807, 2.05) is 41.8 Å². The van der Waals surface area contributed by atoms with Gasteiger partial charge in [-0.15, -0.1) is 11.3 Å². The van der Waals surface area contributed by atoms with Crippen LogP contribution in [0.15, 0.2) is 47.8 Å². The van der Waals surface area contributed by atoms with Crippen LogP contribution in [0.2, 0.25) is 0 Å². The minimum atomic E-state index is -1.04. The zero-order chi connectivity index (χ0) is 15.1. The minimum absolute atomic E-state index is 0.0163. The second-order valence-corrected chi connectivity index (χ2v) is 6.53. The van der Waals surface area contributed by atoms with Crippen molar-refractivity contribution in [3.8, 4) is 15.7 Å². The van der Waals surface area contributed by atoms with Gasteiger partial charge in [0.05, 0.1) is 20.8 Å². The van der Waals surface area contributed by atoms with Crippen LogP contribution in [-0.4, -0.2) is 25.8 Å². The highest BCUT2D eigenvalue weighted by atomic mass is 32.1. The van der Waals surface area contributed by atoms with E-state index < -0.39 is 5.97 Å². The zero-order valence-electron chi connectivity index (χ0n) is 11.1. The molecule has 5 nitrogen and oxygen atoms in total. The Kier molecular flexibility index (Phi) is 3.02. The molecule has 0 aliphatic carbocycles. The van der Waals surface area contributed by atoms with Crippen molar-refractivity contribution in [1.29, 1.82) is 0 Å². The molecule has 7 heteroatoms. The molecule has 4 aromatic rings. The maximum atomic E-state index is 11.3. The van der Waals surface area contributed by atoms with E-state index in [4.69, 9.17) is 0 Å².